The van der Waals surface area contributed by atoms with Crippen molar-refractivity contribution in [3.8, 4) is 16.2 Å². The summed E-state index contributed by atoms with van der Waals surface area (Å²) in [5.41, 5.74) is 7.85. The van der Waals surface area contributed by atoms with E-state index in [1.165, 1.54) is 5.56 Å². The number of aromatic nitrogens is 1. The monoisotopic (exact) mass is 234 g/mol. The van der Waals surface area contributed by atoms with Crippen molar-refractivity contribution in [3.05, 3.63) is 35.0 Å². The van der Waals surface area contributed by atoms with E-state index in [4.69, 9.17) is 10.5 Å². The van der Waals surface area contributed by atoms with Crippen LogP contribution in [0.5, 0.6) is 5.75 Å². The molecule has 2 N–H and O–H groups in total. The number of thiazole rings is 1. The maximum Gasteiger partial charge on any atom is 0.127 e. The van der Waals surface area contributed by atoms with Gasteiger partial charge in [0, 0.05) is 18.3 Å². The highest BCUT2D eigenvalue weighted by atomic mass is 32.1. The largest absolute Gasteiger partial charge is 0.496 e. The minimum Gasteiger partial charge on any atom is -0.496 e. The predicted octanol–water partition coefficient (Wildman–Crippen LogP) is 2.59. The molecule has 4 heteroatoms. The summed E-state index contributed by atoms with van der Waals surface area (Å²) < 4.78 is 5.35. The number of nitrogens with zero attached hydrogens (tertiary/aromatic N) is 1. The minimum atomic E-state index is 0.485. The second kappa shape index (κ2) is 4.63. The van der Waals surface area contributed by atoms with Crippen molar-refractivity contribution in [2.24, 2.45) is 5.73 Å². The van der Waals surface area contributed by atoms with Gasteiger partial charge in [0.2, 0.25) is 0 Å². The SMILES string of the molecule is COc1ccc(C)cc1-c1cnc(CN)s1. The molecule has 0 aliphatic carbocycles. The molecule has 0 fully saturated rings. The van der Waals surface area contributed by atoms with Gasteiger partial charge in [0.25, 0.3) is 0 Å². The zero-order chi connectivity index (χ0) is 11.5. The summed E-state index contributed by atoms with van der Waals surface area (Å²) in [5.74, 6) is 0.873. The van der Waals surface area contributed by atoms with E-state index in [0.29, 0.717) is 6.54 Å². The lowest BCUT2D eigenvalue weighted by Gasteiger charge is -2.06. The Balaban J connectivity index is 2.49. The second-order valence-electron chi connectivity index (χ2n) is 3.53. The van der Waals surface area contributed by atoms with Gasteiger partial charge in [0.1, 0.15) is 10.8 Å². The van der Waals surface area contributed by atoms with Crippen LogP contribution in [0.1, 0.15) is 10.6 Å². The highest BCUT2D eigenvalue weighted by Gasteiger charge is 2.09. The standard InChI is InChI=1S/C12H14N2OS/c1-8-3-4-10(15-2)9(5-8)11-7-14-12(6-13)16-11/h3-5,7H,6,13H2,1-2H3. The third-order valence-corrected chi connectivity index (χ3v) is 3.40. The molecule has 0 aliphatic heterocycles. The molecule has 2 rings (SSSR count). The van der Waals surface area contributed by atoms with Crippen LogP contribution in [0.3, 0.4) is 0 Å². The van der Waals surface area contributed by atoms with Crippen molar-refractivity contribution in [3.63, 3.8) is 0 Å². The van der Waals surface area contributed by atoms with Crippen LogP contribution in [0.2, 0.25) is 0 Å². The Hall–Kier alpha value is -1.39. The third kappa shape index (κ3) is 2.08. The molecule has 1 aromatic carbocycles. The van der Waals surface area contributed by atoms with Gasteiger partial charge in [-0.05, 0) is 19.1 Å². The predicted molar refractivity (Wildman–Crippen MR) is 66.7 cm³/mol. The zero-order valence-electron chi connectivity index (χ0n) is 9.36. The number of rotatable bonds is 3. The lowest BCUT2D eigenvalue weighted by atomic mass is 10.1. The maximum atomic E-state index is 5.56. The Morgan fingerprint density at radius 2 is 2.25 bits per heavy atom. The van der Waals surface area contributed by atoms with Crippen LogP contribution in [-0.4, -0.2) is 12.1 Å². The minimum absolute atomic E-state index is 0.485. The number of ether oxygens (including phenoxy) is 1. The van der Waals surface area contributed by atoms with Gasteiger partial charge in [0.05, 0.1) is 12.0 Å². The van der Waals surface area contributed by atoms with Gasteiger partial charge < -0.3 is 10.5 Å². The van der Waals surface area contributed by atoms with Crippen molar-refractivity contribution in [1.29, 1.82) is 0 Å². The van der Waals surface area contributed by atoms with E-state index >= 15 is 0 Å². The molecule has 84 valence electrons. The van der Waals surface area contributed by atoms with Gasteiger partial charge in [-0.1, -0.05) is 11.6 Å². The zero-order valence-corrected chi connectivity index (χ0v) is 10.2. The Bertz CT molecular complexity index is 494. The molecule has 0 saturated heterocycles. The van der Waals surface area contributed by atoms with Crippen LogP contribution in [0.25, 0.3) is 10.4 Å². The number of hydrogen-bond acceptors (Lipinski definition) is 4. The van der Waals surface area contributed by atoms with Crippen LogP contribution in [0, 0.1) is 6.92 Å². The molecule has 3 nitrogen and oxygen atoms in total. The average Bonchev–Trinajstić information content (AvgIpc) is 2.77. The van der Waals surface area contributed by atoms with E-state index < -0.39 is 0 Å². The second-order valence-corrected chi connectivity index (χ2v) is 4.64. The molecular weight excluding hydrogens is 220 g/mol. The molecule has 1 aromatic heterocycles. The summed E-state index contributed by atoms with van der Waals surface area (Å²) in [6, 6.07) is 6.12. The van der Waals surface area contributed by atoms with Crippen LogP contribution >= 0.6 is 11.3 Å². The summed E-state index contributed by atoms with van der Waals surface area (Å²) in [7, 11) is 1.68. The molecule has 16 heavy (non-hydrogen) atoms. The van der Waals surface area contributed by atoms with Crippen molar-refractivity contribution in [1.82, 2.24) is 4.98 Å². The van der Waals surface area contributed by atoms with Crippen LogP contribution < -0.4 is 10.5 Å². The number of aryl methyl sites for hydroxylation is 1. The maximum absolute atomic E-state index is 5.56. The van der Waals surface area contributed by atoms with Gasteiger partial charge in [-0.2, -0.15) is 0 Å². The highest BCUT2D eigenvalue weighted by molar-refractivity contribution is 7.15. The number of methoxy groups -OCH3 is 1. The molecule has 0 radical (unpaired) electrons. The van der Waals surface area contributed by atoms with Crippen molar-refractivity contribution >= 4 is 11.3 Å². The summed E-state index contributed by atoms with van der Waals surface area (Å²) >= 11 is 1.61. The summed E-state index contributed by atoms with van der Waals surface area (Å²) in [6.45, 7) is 2.55. The van der Waals surface area contributed by atoms with E-state index in [9.17, 15) is 0 Å². The fraction of sp³-hybridized carbons (Fsp3) is 0.250. The molecular formula is C12H14N2OS. The molecule has 0 atom stereocenters. The van der Waals surface area contributed by atoms with Gasteiger partial charge >= 0.3 is 0 Å². The highest BCUT2D eigenvalue weighted by Crippen LogP contribution is 2.34. The fourth-order valence-corrected chi connectivity index (χ4v) is 2.36. The van der Waals surface area contributed by atoms with Gasteiger partial charge in [-0.3, -0.25) is 0 Å². The smallest absolute Gasteiger partial charge is 0.127 e. The fourth-order valence-electron chi connectivity index (χ4n) is 1.54. The van der Waals surface area contributed by atoms with Crippen molar-refractivity contribution in [2.75, 3.05) is 7.11 Å². The molecule has 1 heterocycles. The first kappa shape index (κ1) is 11.1. The third-order valence-electron chi connectivity index (χ3n) is 2.35. The number of benzene rings is 1. The summed E-state index contributed by atoms with van der Waals surface area (Å²) in [5, 5.41) is 0.943. The van der Waals surface area contributed by atoms with Crippen LogP contribution in [-0.2, 0) is 6.54 Å². The Morgan fingerprint density at radius 1 is 1.44 bits per heavy atom. The van der Waals surface area contributed by atoms with Crippen molar-refractivity contribution in [2.45, 2.75) is 13.5 Å². The van der Waals surface area contributed by atoms with Crippen LogP contribution in [0.4, 0.5) is 0 Å². The number of nitrogens with two attached hydrogens (primary N) is 1. The van der Waals surface area contributed by atoms with E-state index in [1.807, 2.05) is 18.3 Å². The van der Waals surface area contributed by atoms with Gasteiger partial charge in [-0.15, -0.1) is 11.3 Å². The Labute approximate surface area is 98.9 Å². The average molecular weight is 234 g/mol. The Kier molecular flexibility index (Phi) is 3.22. The van der Waals surface area contributed by atoms with E-state index in [2.05, 4.69) is 18.0 Å². The normalized spacial score (nSPS) is 10.4. The van der Waals surface area contributed by atoms with Crippen LogP contribution in [0.15, 0.2) is 24.4 Å². The lowest BCUT2D eigenvalue weighted by molar-refractivity contribution is 0.416. The first-order valence-electron chi connectivity index (χ1n) is 5.04. The molecule has 0 amide bonds. The quantitative estimate of drug-likeness (QED) is 0.888. The van der Waals surface area contributed by atoms with Gasteiger partial charge in [0.15, 0.2) is 0 Å². The molecule has 0 spiro atoms. The molecule has 0 saturated carbocycles. The van der Waals surface area contributed by atoms with E-state index in [1.54, 1.807) is 18.4 Å². The first-order valence-corrected chi connectivity index (χ1v) is 5.86. The Morgan fingerprint density at radius 3 is 2.88 bits per heavy atom. The molecule has 0 unspecified atom stereocenters. The van der Waals surface area contributed by atoms with E-state index in [-0.39, 0.29) is 0 Å². The molecule has 0 bridgehead atoms. The van der Waals surface area contributed by atoms with Gasteiger partial charge in [-0.25, -0.2) is 4.98 Å². The molecule has 0 aliphatic rings. The van der Waals surface area contributed by atoms with E-state index in [0.717, 1.165) is 21.2 Å². The van der Waals surface area contributed by atoms with Crippen molar-refractivity contribution < 1.29 is 4.74 Å². The summed E-state index contributed by atoms with van der Waals surface area (Å²) in [6.07, 6.45) is 1.85. The first-order chi connectivity index (χ1) is 7.74. The molecule has 2 aromatic rings. The summed E-state index contributed by atoms with van der Waals surface area (Å²) in [4.78, 5) is 5.35. The number of hydrogen-bond donors (Lipinski definition) is 1. The topological polar surface area (TPSA) is 48.1 Å². The lowest BCUT2D eigenvalue weighted by Crippen LogP contribution is -1.93.